The van der Waals surface area contributed by atoms with Crippen LogP contribution in [0.1, 0.15) is 23.4 Å². The monoisotopic (exact) mass is 356 g/mol. The minimum absolute atomic E-state index is 0.230. The molecule has 4 rings (SSSR count). The molecule has 6 nitrogen and oxygen atoms in total. The van der Waals surface area contributed by atoms with Crippen LogP contribution in [-0.4, -0.2) is 59.6 Å². The number of hydrogen-bond donors (Lipinski definition) is 0. The molecule has 0 bridgehead atoms. The van der Waals surface area contributed by atoms with Gasteiger partial charge in [-0.15, -0.1) is 0 Å². The molecular weight excluding hydrogens is 331 g/mol. The van der Waals surface area contributed by atoms with Crippen LogP contribution in [-0.2, 0) is 13.0 Å². The second-order valence-electron chi connectivity index (χ2n) is 7.13. The zero-order chi connectivity index (χ0) is 18.1. The number of rotatable bonds is 3. The van der Waals surface area contributed by atoms with Crippen LogP contribution in [0.2, 0.25) is 0 Å². The van der Waals surface area contributed by atoms with Gasteiger partial charge in [-0.3, -0.25) is 9.88 Å². The van der Waals surface area contributed by atoms with Crippen LogP contribution in [0.4, 0.5) is 16.2 Å². The summed E-state index contributed by atoms with van der Waals surface area (Å²) in [7, 11) is 2.10. The fraction of sp³-hybridized carbons (Fsp3) is 0.526. The van der Waals surface area contributed by atoms with Gasteiger partial charge in [-0.2, -0.15) is 4.98 Å². The first-order chi connectivity index (χ1) is 12.6. The first-order valence-corrected chi connectivity index (χ1v) is 9.27. The maximum Gasteiger partial charge on any atom is 0.227 e. The molecule has 0 unspecified atom stereocenters. The van der Waals surface area contributed by atoms with E-state index in [0.29, 0.717) is 12.2 Å². The number of aromatic nitrogens is 3. The molecule has 0 radical (unpaired) electrons. The zero-order valence-electron chi connectivity index (χ0n) is 15.5. The number of piperazine rings is 1. The lowest BCUT2D eigenvalue weighted by Gasteiger charge is -2.36. The highest BCUT2D eigenvalue weighted by Gasteiger charge is 2.24. The molecule has 0 aromatic carbocycles. The van der Waals surface area contributed by atoms with Crippen molar-refractivity contribution in [3.63, 3.8) is 0 Å². The first kappa shape index (κ1) is 17.1. The van der Waals surface area contributed by atoms with Crippen molar-refractivity contribution >= 4 is 11.8 Å². The largest absolute Gasteiger partial charge is 0.359 e. The van der Waals surface area contributed by atoms with Crippen molar-refractivity contribution in [2.45, 2.75) is 26.3 Å². The van der Waals surface area contributed by atoms with Crippen molar-refractivity contribution in [2.75, 3.05) is 49.6 Å². The van der Waals surface area contributed by atoms with Gasteiger partial charge in [0.25, 0.3) is 0 Å². The lowest BCUT2D eigenvalue weighted by atomic mass is 10.0. The molecule has 4 heterocycles. The van der Waals surface area contributed by atoms with Crippen molar-refractivity contribution < 1.29 is 4.39 Å². The Kier molecular flexibility index (Phi) is 4.72. The summed E-state index contributed by atoms with van der Waals surface area (Å²) in [6.45, 7) is 7.08. The topological polar surface area (TPSA) is 48.4 Å². The molecule has 138 valence electrons. The van der Waals surface area contributed by atoms with Crippen molar-refractivity contribution in [3.8, 4) is 0 Å². The minimum atomic E-state index is -0.230. The van der Waals surface area contributed by atoms with E-state index >= 15 is 0 Å². The Labute approximate surface area is 153 Å². The standard InChI is InChI=1S/C19H25FN6/c1-14-15-5-4-8-24(2)18(15)23-19(22-14)26-11-9-25(10-12-26)13-17-16(20)6-3-7-21-17/h3,6-7H,4-5,8-13H2,1-2H3. The molecule has 2 aliphatic heterocycles. The van der Waals surface area contributed by atoms with Crippen LogP contribution in [0.3, 0.4) is 0 Å². The molecule has 2 aromatic rings. The van der Waals surface area contributed by atoms with Gasteiger partial charge in [0.15, 0.2) is 0 Å². The smallest absolute Gasteiger partial charge is 0.227 e. The summed E-state index contributed by atoms with van der Waals surface area (Å²) >= 11 is 0. The summed E-state index contributed by atoms with van der Waals surface area (Å²) < 4.78 is 13.8. The van der Waals surface area contributed by atoms with Crippen LogP contribution >= 0.6 is 0 Å². The third-order valence-corrected chi connectivity index (χ3v) is 5.33. The predicted octanol–water partition coefficient (Wildman–Crippen LogP) is 2.02. The molecule has 2 aromatic heterocycles. The molecule has 0 amide bonds. The van der Waals surface area contributed by atoms with E-state index in [9.17, 15) is 4.39 Å². The Balaban J connectivity index is 1.44. The quantitative estimate of drug-likeness (QED) is 0.839. The first-order valence-electron chi connectivity index (χ1n) is 9.27. The third-order valence-electron chi connectivity index (χ3n) is 5.33. The van der Waals surface area contributed by atoms with Gasteiger partial charge in [-0.1, -0.05) is 0 Å². The SMILES string of the molecule is Cc1nc(N2CCN(Cc3ncccc3F)CC2)nc2c1CCCN2C. The zero-order valence-corrected chi connectivity index (χ0v) is 15.5. The maximum atomic E-state index is 13.8. The van der Waals surface area contributed by atoms with Gasteiger partial charge in [0.1, 0.15) is 11.6 Å². The summed E-state index contributed by atoms with van der Waals surface area (Å²) in [5, 5.41) is 0. The molecule has 7 heteroatoms. The molecule has 0 saturated carbocycles. The number of pyridine rings is 1. The van der Waals surface area contributed by atoms with E-state index in [-0.39, 0.29) is 5.82 Å². The van der Waals surface area contributed by atoms with E-state index in [1.165, 1.54) is 11.6 Å². The Morgan fingerprint density at radius 2 is 1.92 bits per heavy atom. The number of halogens is 1. The summed E-state index contributed by atoms with van der Waals surface area (Å²) in [4.78, 5) is 20.5. The van der Waals surface area contributed by atoms with Gasteiger partial charge in [-0.05, 0) is 31.9 Å². The van der Waals surface area contributed by atoms with Crippen molar-refractivity contribution in [1.29, 1.82) is 0 Å². The number of anilines is 2. The third kappa shape index (κ3) is 3.35. The van der Waals surface area contributed by atoms with Crippen LogP contribution in [0.15, 0.2) is 18.3 Å². The molecule has 0 N–H and O–H groups in total. The number of hydrogen-bond acceptors (Lipinski definition) is 6. The van der Waals surface area contributed by atoms with E-state index in [1.807, 2.05) is 0 Å². The van der Waals surface area contributed by atoms with Crippen LogP contribution < -0.4 is 9.80 Å². The fourth-order valence-corrected chi connectivity index (χ4v) is 3.77. The van der Waals surface area contributed by atoms with E-state index in [0.717, 1.165) is 63.0 Å². The highest BCUT2D eigenvalue weighted by Crippen LogP contribution is 2.28. The van der Waals surface area contributed by atoms with Gasteiger partial charge in [0.2, 0.25) is 5.95 Å². The van der Waals surface area contributed by atoms with Crippen molar-refractivity contribution in [3.05, 3.63) is 41.1 Å². The van der Waals surface area contributed by atoms with E-state index < -0.39 is 0 Å². The molecule has 26 heavy (non-hydrogen) atoms. The summed E-state index contributed by atoms with van der Waals surface area (Å²) in [6, 6.07) is 3.10. The lowest BCUT2D eigenvalue weighted by Crippen LogP contribution is -2.47. The average molecular weight is 356 g/mol. The Hall–Kier alpha value is -2.28. The molecule has 0 spiro atoms. The van der Waals surface area contributed by atoms with Gasteiger partial charge < -0.3 is 9.80 Å². The van der Waals surface area contributed by atoms with Gasteiger partial charge in [0, 0.05) is 63.8 Å². The Bertz CT molecular complexity index is 788. The minimum Gasteiger partial charge on any atom is -0.359 e. The van der Waals surface area contributed by atoms with Gasteiger partial charge >= 0.3 is 0 Å². The van der Waals surface area contributed by atoms with Crippen LogP contribution in [0.25, 0.3) is 0 Å². The van der Waals surface area contributed by atoms with Crippen molar-refractivity contribution in [1.82, 2.24) is 19.9 Å². The normalized spacial score (nSPS) is 18.1. The van der Waals surface area contributed by atoms with E-state index in [4.69, 9.17) is 9.97 Å². The molecule has 0 aliphatic carbocycles. The number of nitrogens with zero attached hydrogens (tertiary/aromatic N) is 6. The second kappa shape index (κ2) is 7.15. The highest BCUT2D eigenvalue weighted by atomic mass is 19.1. The number of aryl methyl sites for hydroxylation is 1. The molecule has 0 atom stereocenters. The van der Waals surface area contributed by atoms with Crippen molar-refractivity contribution in [2.24, 2.45) is 0 Å². The van der Waals surface area contributed by atoms with Gasteiger partial charge in [-0.25, -0.2) is 9.37 Å². The van der Waals surface area contributed by atoms with Gasteiger partial charge in [0.05, 0.1) is 5.69 Å². The second-order valence-corrected chi connectivity index (χ2v) is 7.13. The molecule has 1 saturated heterocycles. The Morgan fingerprint density at radius 3 is 2.69 bits per heavy atom. The number of fused-ring (bicyclic) bond motifs is 1. The summed E-state index contributed by atoms with van der Waals surface area (Å²) in [6.07, 6.45) is 3.87. The van der Waals surface area contributed by atoms with Crippen LogP contribution in [0.5, 0.6) is 0 Å². The summed E-state index contributed by atoms with van der Waals surface area (Å²) in [5.74, 6) is 1.67. The molecule has 2 aliphatic rings. The van der Waals surface area contributed by atoms with E-state index in [2.05, 4.69) is 33.7 Å². The van der Waals surface area contributed by atoms with E-state index in [1.54, 1.807) is 12.3 Å². The Morgan fingerprint density at radius 1 is 1.12 bits per heavy atom. The molecular formula is C19H25FN6. The summed E-state index contributed by atoms with van der Waals surface area (Å²) in [5.41, 5.74) is 2.89. The predicted molar refractivity (Wildman–Crippen MR) is 100 cm³/mol. The fourth-order valence-electron chi connectivity index (χ4n) is 3.77. The maximum absolute atomic E-state index is 13.8. The molecule has 1 fully saturated rings. The van der Waals surface area contributed by atoms with Crippen LogP contribution in [0, 0.1) is 12.7 Å². The highest BCUT2D eigenvalue weighted by molar-refractivity contribution is 5.54. The lowest BCUT2D eigenvalue weighted by molar-refractivity contribution is 0.242. The average Bonchev–Trinajstić information content (AvgIpc) is 2.65.